The van der Waals surface area contributed by atoms with Crippen molar-refractivity contribution in [2.45, 2.75) is 6.10 Å². The van der Waals surface area contributed by atoms with Gasteiger partial charge in [0, 0.05) is 0 Å². The average molecular weight is 248 g/mol. The van der Waals surface area contributed by atoms with E-state index in [2.05, 4.69) is 0 Å². The van der Waals surface area contributed by atoms with Crippen molar-refractivity contribution in [3.8, 4) is 11.5 Å². The predicted octanol–water partition coefficient (Wildman–Crippen LogP) is 1.62. The maximum absolute atomic E-state index is 10.9. The molecule has 2 N–H and O–H groups in total. The van der Waals surface area contributed by atoms with Crippen LogP contribution in [0.4, 0.5) is 0 Å². The normalized spacial score (nSPS) is 18.7. The number of fused-ring (bicyclic) bond motifs is 1. The van der Waals surface area contributed by atoms with Crippen molar-refractivity contribution in [3.63, 3.8) is 0 Å². The molecule has 0 spiro atoms. The second kappa shape index (κ2) is 3.79. The van der Waals surface area contributed by atoms with Crippen molar-refractivity contribution in [1.29, 1.82) is 0 Å². The first-order valence-electron chi connectivity index (χ1n) is 4.16. The number of rotatable bonds is 1. The topological polar surface area (TPSA) is 61.6 Å². The van der Waals surface area contributed by atoms with E-state index in [9.17, 15) is 4.79 Å². The zero-order valence-corrected chi connectivity index (χ0v) is 9.01. The predicted molar refractivity (Wildman–Crippen MR) is 55.6 cm³/mol. The molecule has 1 heterocycles. The van der Waals surface area contributed by atoms with Crippen molar-refractivity contribution >= 4 is 29.1 Å². The van der Waals surface area contributed by atoms with Crippen LogP contribution in [-0.2, 0) is 4.79 Å². The van der Waals surface area contributed by atoms with Gasteiger partial charge >= 0.3 is 0 Å². The van der Waals surface area contributed by atoms with Crippen molar-refractivity contribution < 1.29 is 14.3 Å². The van der Waals surface area contributed by atoms with E-state index in [0.717, 1.165) is 0 Å². The van der Waals surface area contributed by atoms with Gasteiger partial charge in [-0.3, -0.25) is 4.79 Å². The number of hydrogen-bond donors (Lipinski definition) is 1. The lowest BCUT2D eigenvalue weighted by Gasteiger charge is -2.25. The van der Waals surface area contributed by atoms with Crippen molar-refractivity contribution in [2.75, 3.05) is 6.61 Å². The highest BCUT2D eigenvalue weighted by Gasteiger charge is 2.28. The van der Waals surface area contributed by atoms with Crippen LogP contribution in [0.1, 0.15) is 0 Å². The molecule has 1 aromatic carbocycles. The minimum Gasteiger partial charge on any atom is -0.484 e. The molecule has 0 radical (unpaired) electrons. The highest BCUT2D eigenvalue weighted by atomic mass is 35.5. The van der Waals surface area contributed by atoms with Crippen LogP contribution < -0.4 is 15.2 Å². The van der Waals surface area contributed by atoms with Gasteiger partial charge in [-0.2, -0.15) is 0 Å². The van der Waals surface area contributed by atoms with Crippen LogP contribution in [0.2, 0.25) is 10.0 Å². The van der Waals surface area contributed by atoms with Gasteiger partial charge in [0.15, 0.2) is 11.5 Å². The smallest absolute Gasteiger partial charge is 0.262 e. The van der Waals surface area contributed by atoms with E-state index in [1.165, 1.54) is 0 Å². The van der Waals surface area contributed by atoms with Crippen LogP contribution in [0.15, 0.2) is 12.1 Å². The van der Waals surface area contributed by atoms with Crippen LogP contribution in [-0.4, -0.2) is 18.6 Å². The largest absolute Gasteiger partial charge is 0.484 e. The maximum Gasteiger partial charge on any atom is 0.262 e. The third-order valence-corrected chi connectivity index (χ3v) is 2.57. The number of hydrogen-bond acceptors (Lipinski definition) is 3. The van der Waals surface area contributed by atoms with Crippen LogP contribution >= 0.6 is 23.2 Å². The summed E-state index contributed by atoms with van der Waals surface area (Å²) in [6.07, 6.45) is -0.825. The van der Waals surface area contributed by atoms with Crippen LogP contribution in [0.5, 0.6) is 11.5 Å². The Morgan fingerprint density at radius 1 is 1.33 bits per heavy atom. The van der Waals surface area contributed by atoms with Gasteiger partial charge in [-0.15, -0.1) is 0 Å². The summed E-state index contributed by atoms with van der Waals surface area (Å²) in [5.41, 5.74) is 5.09. The number of carbonyl (C=O) groups excluding carboxylic acids is 1. The Kier molecular flexibility index (Phi) is 2.63. The summed E-state index contributed by atoms with van der Waals surface area (Å²) in [7, 11) is 0. The Bertz CT molecular complexity index is 422. The van der Waals surface area contributed by atoms with Gasteiger partial charge in [-0.25, -0.2) is 0 Å². The van der Waals surface area contributed by atoms with Gasteiger partial charge in [-0.1, -0.05) is 23.2 Å². The second-order valence-electron chi connectivity index (χ2n) is 3.01. The van der Waals surface area contributed by atoms with Gasteiger partial charge in [-0.05, 0) is 12.1 Å². The Labute approximate surface area is 95.9 Å². The summed E-state index contributed by atoms with van der Waals surface area (Å²) in [4.78, 5) is 10.9. The van der Waals surface area contributed by atoms with Crippen molar-refractivity contribution in [2.24, 2.45) is 5.73 Å². The number of carbonyl (C=O) groups is 1. The van der Waals surface area contributed by atoms with Crippen LogP contribution in [0.25, 0.3) is 0 Å². The Morgan fingerprint density at radius 2 is 1.93 bits per heavy atom. The SMILES string of the molecule is NC(=O)C1COc2c(Cl)ccc(Cl)c2O1. The molecule has 15 heavy (non-hydrogen) atoms. The molecule has 6 heteroatoms. The van der Waals surface area contributed by atoms with E-state index in [1.807, 2.05) is 0 Å². The Morgan fingerprint density at radius 3 is 2.53 bits per heavy atom. The van der Waals surface area contributed by atoms with E-state index in [-0.39, 0.29) is 12.4 Å². The lowest BCUT2D eigenvalue weighted by molar-refractivity contribution is -0.126. The van der Waals surface area contributed by atoms with Gasteiger partial charge in [0.05, 0.1) is 10.0 Å². The number of ether oxygens (including phenoxy) is 2. The Hall–Kier alpha value is -1.13. The molecule has 0 bridgehead atoms. The number of amides is 1. The molecule has 4 nitrogen and oxygen atoms in total. The fraction of sp³-hybridized carbons (Fsp3) is 0.222. The highest BCUT2D eigenvalue weighted by molar-refractivity contribution is 6.35. The third kappa shape index (κ3) is 1.82. The van der Waals surface area contributed by atoms with E-state index < -0.39 is 12.0 Å². The minimum absolute atomic E-state index is 0.0440. The molecule has 2 rings (SSSR count). The molecule has 1 aliphatic rings. The minimum atomic E-state index is -0.825. The number of nitrogens with two attached hydrogens (primary N) is 1. The van der Waals surface area contributed by atoms with Crippen molar-refractivity contribution in [1.82, 2.24) is 0 Å². The monoisotopic (exact) mass is 247 g/mol. The van der Waals surface area contributed by atoms with E-state index in [4.69, 9.17) is 38.4 Å². The van der Waals surface area contributed by atoms with Gasteiger partial charge < -0.3 is 15.2 Å². The number of benzene rings is 1. The third-order valence-electron chi connectivity index (χ3n) is 1.97. The highest BCUT2D eigenvalue weighted by Crippen LogP contribution is 2.43. The Balaban J connectivity index is 2.41. The van der Waals surface area contributed by atoms with E-state index in [0.29, 0.717) is 15.8 Å². The lowest BCUT2D eigenvalue weighted by atomic mass is 10.2. The molecule has 80 valence electrons. The summed E-state index contributed by atoms with van der Waals surface area (Å²) < 4.78 is 10.6. The fourth-order valence-corrected chi connectivity index (χ4v) is 1.63. The quantitative estimate of drug-likeness (QED) is 0.821. The molecule has 0 aromatic heterocycles. The summed E-state index contributed by atoms with van der Waals surface area (Å²) in [6.45, 7) is 0.0440. The molecule has 1 amide bonds. The van der Waals surface area contributed by atoms with Crippen molar-refractivity contribution in [3.05, 3.63) is 22.2 Å². The molecule has 1 atom stereocenters. The molecule has 0 saturated heterocycles. The average Bonchev–Trinajstić information content (AvgIpc) is 2.23. The second-order valence-corrected chi connectivity index (χ2v) is 3.82. The zero-order valence-electron chi connectivity index (χ0n) is 7.50. The molecule has 0 saturated carbocycles. The van der Waals surface area contributed by atoms with Gasteiger partial charge in [0.2, 0.25) is 6.10 Å². The molecule has 1 unspecified atom stereocenters. The fourth-order valence-electron chi connectivity index (χ4n) is 1.23. The van der Waals surface area contributed by atoms with Gasteiger partial charge in [0.1, 0.15) is 6.61 Å². The molecule has 1 aliphatic heterocycles. The van der Waals surface area contributed by atoms with E-state index >= 15 is 0 Å². The number of primary amides is 1. The first kappa shape index (κ1) is 10.4. The van der Waals surface area contributed by atoms with Crippen LogP contribution in [0, 0.1) is 0 Å². The summed E-state index contributed by atoms with van der Waals surface area (Å²) in [5.74, 6) is 0.0116. The van der Waals surface area contributed by atoms with Gasteiger partial charge in [0.25, 0.3) is 5.91 Å². The first-order chi connectivity index (χ1) is 7.09. The molecule has 0 aliphatic carbocycles. The summed E-state index contributed by atoms with van der Waals surface area (Å²) in [5, 5.41) is 0.720. The summed E-state index contributed by atoms with van der Waals surface area (Å²) in [6, 6.07) is 3.16. The molecule has 0 fully saturated rings. The standard InChI is InChI=1S/C9H7Cl2NO3/c10-4-1-2-5(11)8-7(4)14-3-6(15-8)9(12)13/h1-2,6H,3H2,(H2,12,13). The summed E-state index contributed by atoms with van der Waals surface area (Å²) >= 11 is 11.7. The lowest BCUT2D eigenvalue weighted by Crippen LogP contribution is -2.41. The first-order valence-corrected chi connectivity index (χ1v) is 4.92. The van der Waals surface area contributed by atoms with E-state index in [1.54, 1.807) is 12.1 Å². The molecule has 1 aromatic rings. The number of halogens is 2. The molecular formula is C9H7Cl2NO3. The molecular weight excluding hydrogens is 241 g/mol. The maximum atomic E-state index is 10.9. The van der Waals surface area contributed by atoms with Crippen LogP contribution in [0.3, 0.4) is 0 Å². The zero-order chi connectivity index (χ0) is 11.0.